The first-order valence-corrected chi connectivity index (χ1v) is 7.41. The summed E-state index contributed by atoms with van der Waals surface area (Å²) >= 11 is 0. The molecular weight excluding hydrogens is 327 g/mol. The highest BCUT2D eigenvalue weighted by Crippen LogP contribution is 2.25. The molecule has 0 aromatic carbocycles. The largest absolute Gasteiger partial charge is 0.378 e. The molecule has 1 aromatic rings. The maximum Gasteiger partial charge on any atom is 0.224 e. The summed E-state index contributed by atoms with van der Waals surface area (Å²) in [4.78, 5) is 21.7. The van der Waals surface area contributed by atoms with E-state index in [4.69, 9.17) is 4.74 Å². The molecule has 126 valence electrons. The summed E-state index contributed by atoms with van der Waals surface area (Å²) in [6.07, 6.45) is 6.19. The van der Waals surface area contributed by atoms with Crippen LogP contribution in [0.25, 0.3) is 0 Å². The number of aromatic nitrogens is 2. The van der Waals surface area contributed by atoms with Crippen molar-refractivity contribution in [2.75, 3.05) is 32.8 Å². The number of hydrogen-bond acceptors (Lipinski definition) is 4. The highest BCUT2D eigenvalue weighted by Gasteiger charge is 2.27. The summed E-state index contributed by atoms with van der Waals surface area (Å²) in [5.74, 6) is 1.76. The van der Waals surface area contributed by atoms with Gasteiger partial charge in [0.25, 0.3) is 0 Å². The molecule has 0 saturated carbocycles. The Balaban J connectivity index is 0.00000121. The number of ether oxygens (including phenoxy) is 1. The van der Waals surface area contributed by atoms with Crippen LogP contribution in [0.3, 0.4) is 0 Å². The van der Waals surface area contributed by atoms with Crippen LogP contribution in [0.5, 0.6) is 0 Å². The van der Waals surface area contributed by atoms with Crippen LogP contribution in [0.4, 0.5) is 0 Å². The lowest BCUT2D eigenvalue weighted by molar-refractivity contribution is -0.133. The summed E-state index contributed by atoms with van der Waals surface area (Å²) in [5, 5.41) is 3.33. The molecule has 0 aliphatic carbocycles. The average molecular weight is 351 g/mol. The summed E-state index contributed by atoms with van der Waals surface area (Å²) in [6, 6.07) is 0.180. The van der Waals surface area contributed by atoms with Crippen molar-refractivity contribution in [3.63, 3.8) is 0 Å². The second kappa shape index (κ2) is 9.35. The number of halogens is 2. The molecule has 0 radical (unpaired) electrons. The van der Waals surface area contributed by atoms with Gasteiger partial charge in [0, 0.05) is 50.4 Å². The minimum atomic E-state index is 0. The smallest absolute Gasteiger partial charge is 0.224 e. The number of morpholine rings is 1. The fourth-order valence-electron chi connectivity index (χ4n) is 2.99. The van der Waals surface area contributed by atoms with Crippen LogP contribution in [0.15, 0.2) is 12.4 Å². The number of amides is 1. The predicted molar refractivity (Wildman–Crippen MR) is 88.9 cm³/mol. The molecule has 3 heterocycles. The Kier molecular flexibility index (Phi) is 8.17. The van der Waals surface area contributed by atoms with Crippen molar-refractivity contribution in [1.82, 2.24) is 20.2 Å². The molecule has 2 saturated heterocycles. The van der Waals surface area contributed by atoms with Gasteiger partial charge in [-0.05, 0) is 12.8 Å². The number of aromatic amines is 1. The molecule has 8 heteroatoms. The van der Waals surface area contributed by atoms with Gasteiger partial charge < -0.3 is 19.9 Å². The van der Waals surface area contributed by atoms with Gasteiger partial charge in [0.1, 0.15) is 5.82 Å². The second-order valence-electron chi connectivity index (χ2n) is 5.56. The summed E-state index contributed by atoms with van der Waals surface area (Å²) in [6.45, 7) is 3.90. The Morgan fingerprint density at radius 3 is 2.73 bits per heavy atom. The highest BCUT2D eigenvalue weighted by molar-refractivity contribution is 5.85. The maximum atomic E-state index is 12.3. The quantitative estimate of drug-likeness (QED) is 0.862. The van der Waals surface area contributed by atoms with Crippen molar-refractivity contribution >= 4 is 30.7 Å². The number of imidazole rings is 1. The van der Waals surface area contributed by atoms with Crippen molar-refractivity contribution in [2.24, 2.45) is 0 Å². The standard InChI is InChI=1S/C14H22N4O2.2ClH/c19-13(9-12-10-20-8-5-15-12)18-6-1-11(2-7-18)14-16-3-4-17-14;;/h3-4,11-12,15H,1-2,5-10H2,(H,16,17);2*1H. The van der Waals surface area contributed by atoms with E-state index in [1.807, 2.05) is 11.1 Å². The lowest BCUT2D eigenvalue weighted by Crippen LogP contribution is -2.46. The molecule has 2 aliphatic rings. The Hall–Kier alpha value is -0.820. The fraction of sp³-hybridized carbons (Fsp3) is 0.714. The van der Waals surface area contributed by atoms with Gasteiger partial charge in [0.15, 0.2) is 0 Å². The molecule has 1 aromatic heterocycles. The van der Waals surface area contributed by atoms with Crippen molar-refractivity contribution in [1.29, 1.82) is 0 Å². The van der Waals surface area contributed by atoms with E-state index in [1.54, 1.807) is 6.20 Å². The summed E-state index contributed by atoms with van der Waals surface area (Å²) < 4.78 is 5.39. The normalized spacial score (nSPS) is 22.5. The zero-order valence-electron chi connectivity index (χ0n) is 12.5. The number of carbonyl (C=O) groups is 1. The maximum absolute atomic E-state index is 12.3. The SMILES string of the molecule is Cl.Cl.O=C(CC1COCCN1)N1CCC(c2ncc[nH]2)CC1. The van der Waals surface area contributed by atoms with Gasteiger partial charge in [0.2, 0.25) is 5.91 Å². The number of piperidine rings is 1. The average Bonchev–Trinajstić information content (AvgIpc) is 3.03. The van der Waals surface area contributed by atoms with Gasteiger partial charge in [-0.15, -0.1) is 24.8 Å². The van der Waals surface area contributed by atoms with Crippen LogP contribution < -0.4 is 5.32 Å². The fourth-order valence-corrected chi connectivity index (χ4v) is 2.99. The zero-order chi connectivity index (χ0) is 13.8. The number of nitrogens with one attached hydrogen (secondary N) is 2. The minimum Gasteiger partial charge on any atom is -0.378 e. The second-order valence-corrected chi connectivity index (χ2v) is 5.56. The van der Waals surface area contributed by atoms with Crippen LogP contribution in [-0.4, -0.2) is 59.7 Å². The van der Waals surface area contributed by atoms with Crippen LogP contribution in [0.1, 0.15) is 31.0 Å². The van der Waals surface area contributed by atoms with E-state index in [9.17, 15) is 4.79 Å². The number of carbonyl (C=O) groups excluding carboxylic acids is 1. The van der Waals surface area contributed by atoms with Gasteiger partial charge >= 0.3 is 0 Å². The topological polar surface area (TPSA) is 70.2 Å². The van der Waals surface area contributed by atoms with Crippen LogP contribution in [0, 0.1) is 0 Å². The van der Waals surface area contributed by atoms with Crippen molar-refractivity contribution < 1.29 is 9.53 Å². The summed E-state index contributed by atoms with van der Waals surface area (Å²) in [5.41, 5.74) is 0. The van der Waals surface area contributed by atoms with E-state index in [2.05, 4.69) is 15.3 Å². The molecule has 2 aliphatic heterocycles. The number of H-pyrrole nitrogens is 1. The van der Waals surface area contributed by atoms with Gasteiger partial charge in [-0.3, -0.25) is 4.79 Å². The third-order valence-electron chi connectivity index (χ3n) is 4.17. The molecule has 1 unspecified atom stereocenters. The number of likely N-dealkylation sites (tertiary alicyclic amines) is 1. The first-order valence-electron chi connectivity index (χ1n) is 7.41. The molecule has 0 spiro atoms. The van der Waals surface area contributed by atoms with Gasteiger partial charge in [0.05, 0.1) is 13.2 Å². The first kappa shape index (κ1) is 19.2. The lowest BCUT2D eigenvalue weighted by atomic mass is 9.95. The van der Waals surface area contributed by atoms with E-state index in [0.29, 0.717) is 18.9 Å². The summed E-state index contributed by atoms with van der Waals surface area (Å²) in [7, 11) is 0. The Morgan fingerprint density at radius 2 is 2.14 bits per heavy atom. The number of hydrogen-bond donors (Lipinski definition) is 2. The van der Waals surface area contributed by atoms with E-state index in [0.717, 1.165) is 44.9 Å². The van der Waals surface area contributed by atoms with Gasteiger partial charge in [-0.25, -0.2) is 4.98 Å². The monoisotopic (exact) mass is 350 g/mol. The minimum absolute atomic E-state index is 0. The molecule has 0 bridgehead atoms. The van der Waals surface area contributed by atoms with E-state index >= 15 is 0 Å². The molecule has 1 amide bonds. The molecule has 1 atom stereocenters. The third-order valence-corrected chi connectivity index (χ3v) is 4.17. The Bertz CT molecular complexity index is 430. The highest BCUT2D eigenvalue weighted by atomic mass is 35.5. The van der Waals surface area contributed by atoms with Gasteiger partial charge in [-0.1, -0.05) is 0 Å². The Labute approximate surface area is 143 Å². The number of rotatable bonds is 3. The zero-order valence-corrected chi connectivity index (χ0v) is 14.1. The first-order chi connectivity index (χ1) is 9.83. The molecule has 6 nitrogen and oxygen atoms in total. The molecule has 2 fully saturated rings. The van der Waals surface area contributed by atoms with E-state index in [-0.39, 0.29) is 36.8 Å². The van der Waals surface area contributed by atoms with Crippen molar-refractivity contribution in [2.45, 2.75) is 31.2 Å². The molecule has 22 heavy (non-hydrogen) atoms. The van der Waals surface area contributed by atoms with E-state index in [1.165, 1.54) is 0 Å². The van der Waals surface area contributed by atoms with Crippen LogP contribution in [0.2, 0.25) is 0 Å². The molecule has 3 rings (SSSR count). The van der Waals surface area contributed by atoms with Crippen LogP contribution in [-0.2, 0) is 9.53 Å². The Morgan fingerprint density at radius 1 is 1.36 bits per heavy atom. The third kappa shape index (κ3) is 4.84. The van der Waals surface area contributed by atoms with Crippen LogP contribution >= 0.6 is 24.8 Å². The molecular formula is C14H24Cl2N4O2. The van der Waals surface area contributed by atoms with Gasteiger partial charge in [-0.2, -0.15) is 0 Å². The van der Waals surface area contributed by atoms with Crippen molar-refractivity contribution in [3.05, 3.63) is 18.2 Å². The lowest BCUT2D eigenvalue weighted by Gasteiger charge is -2.33. The number of nitrogens with zero attached hydrogens (tertiary/aromatic N) is 2. The predicted octanol–water partition coefficient (Wildman–Crippen LogP) is 1.34. The van der Waals surface area contributed by atoms with Crippen molar-refractivity contribution in [3.8, 4) is 0 Å². The molecule has 2 N–H and O–H groups in total. The van der Waals surface area contributed by atoms with E-state index < -0.39 is 0 Å².